The van der Waals surface area contributed by atoms with Gasteiger partial charge in [0.05, 0.1) is 18.2 Å². The van der Waals surface area contributed by atoms with Crippen molar-refractivity contribution >= 4 is 51.6 Å². The number of Topliss-reactive ketones (excluding diaryl/α,β-unsaturated/α-hetero) is 2. The van der Waals surface area contributed by atoms with Gasteiger partial charge in [-0.25, -0.2) is 4.79 Å². The molecule has 2 atom stereocenters. The zero-order chi connectivity index (χ0) is 39.6. The van der Waals surface area contributed by atoms with Crippen molar-refractivity contribution in [3.05, 3.63) is 84.2 Å². The van der Waals surface area contributed by atoms with Crippen LogP contribution < -0.4 is 19.5 Å². The van der Waals surface area contributed by atoms with Gasteiger partial charge >= 0.3 is 28.4 Å². The molecule has 19 heteroatoms. The largest absolute Gasteiger partial charge is 0.618 e. The Morgan fingerprint density at radius 3 is 2.20 bits per heavy atom. The maximum atomic E-state index is 13.9. The standard InChI is InChI=1S/C35H44BN3O13P2/c1-23(2)18-32(38-34(42)25(19-24-10-5-4-6-11-24)20-29(41)28-13-7-8-16-37-28)36-51-30-15-14-26(21-31(30)52-36)39(3)35(43)50-17-9-12-27(40)22-33(53(44,45)46)54(47,48)49/h4-8,10-11,13-16,21,23,25,32-33H,9,12,17-20,22H2,1-3H3,(H,38,42)(H2,44,45,46)(H2,47,48,49)/t25-,32+/m0/s1. The second kappa shape index (κ2) is 18.8. The van der Waals surface area contributed by atoms with Gasteiger partial charge in [0.25, 0.3) is 0 Å². The van der Waals surface area contributed by atoms with Crippen LogP contribution in [-0.4, -0.2) is 80.2 Å². The molecule has 0 spiro atoms. The number of nitrogens with zero attached hydrogens (tertiary/aromatic N) is 2. The van der Waals surface area contributed by atoms with E-state index in [9.17, 15) is 47.9 Å². The third-order valence-electron chi connectivity index (χ3n) is 8.55. The molecule has 4 rings (SSSR count). The van der Waals surface area contributed by atoms with E-state index in [0.29, 0.717) is 30.0 Å². The van der Waals surface area contributed by atoms with Gasteiger partial charge in [0.15, 0.2) is 11.2 Å². The van der Waals surface area contributed by atoms with Crippen molar-refractivity contribution in [2.24, 2.45) is 11.8 Å². The lowest BCUT2D eigenvalue weighted by Crippen LogP contribution is -2.53. The van der Waals surface area contributed by atoms with E-state index >= 15 is 0 Å². The maximum Gasteiger partial charge on any atom is 0.618 e. The number of benzene rings is 2. The molecule has 16 nitrogen and oxygen atoms in total. The molecule has 0 radical (unpaired) electrons. The summed E-state index contributed by atoms with van der Waals surface area (Å²) in [5.74, 6) is -1.92. The van der Waals surface area contributed by atoms with Crippen LogP contribution in [0.3, 0.4) is 0 Å². The van der Waals surface area contributed by atoms with Crippen molar-refractivity contribution in [1.29, 1.82) is 0 Å². The lowest BCUT2D eigenvalue weighted by Gasteiger charge is -2.24. The van der Waals surface area contributed by atoms with Crippen LogP contribution in [0, 0.1) is 11.8 Å². The van der Waals surface area contributed by atoms with Crippen LogP contribution in [-0.2, 0) is 29.9 Å². The molecule has 2 aromatic carbocycles. The minimum absolute atomic E-state index is 0.0528. The first-order valence-electron chi connectivity index (χ1n) is 17.2. The summed E-state index contributed by atoms with van der Waals surface area (Å²) >= 11 is 0. The highest BCUT2D eigenvalue weighted by atomic mass is 31.2. The van der Waals surface area contributed by atoms with E-state index in [-0.39, 0.29) is 49.2 Å². The van der Waals surface area contributed by atoms with Crippen LogP contribution in [0.2, 0.25) is 0 Å². The molecule has 0 saturated heterocycles. The number of rotatable bonds is 19. The molecule has 1 aliphatic rings. The zero-order valence-electron chi connectivity index (χ0n) is 30.0. The molecule has 3 aromatic rings. The Kier molecular flexibility index (Phi) is 14.7. The first-order valence-corrected chi connectivity index (χ1v) is 20.6. The van der Waals surface area contributed by atoms with Gasteiger partial charge < -0.3 is 38.9 Å². The number of hydrogen-bond acceptors (Lipinski definition) is 10. The molecule has 1 aromatic heterocycles. The Bertz CT molecular complexity index is 1850. The van der Waals surface area contributed by atoms with Crippen LogP contribution in [0.4, 0.5) is 10.5 Å². The number of amides is 2. The van der Waals surface area contributed by atoms with E-state index in [1.807, 2.05) is 44.2 Å². The molecule has 1 aliphatic heterocycles. The number of fused-ring (bicyclic) bond motifs is 1. The number of carbonyl (C=O) groups excluding carboxylic acids is 4. The molecule has 0 unspecified atom stereocenters. The van der Waals surface area contributed by atoms with Gasteiger partial charge in [0.1, 0.15) is 23.0 Å². The molecule has 2 amide bonds. The third-order valence-corrected chi connectivity index (χ3v) is 12.3. The fourth-order valence-corrected chi connectivity index (χ4v) is 8.21. The highest BCUT2D eigenvalue weighted by molar-refractivity contribution is 7.70. The Labute approximate surface area is 313 Å². The van der Waals surface area contributed by atoms with Crippen molar-refractivity contribution in [2.75, 3.05) is 18.6 Å². The summed E-state index contributed by atoms with van der Waals surface area (Å²) in [6.45, 7) is 3.72. The highest BCUT2D eigenvalue weighted by Crippen LogP contribution is 2.61. The molecule has 0 saturated carbocycles. The Morgan fingerprint density at radius 2 is 1.57 bits per heavy atom. The number of hydrogen-bond donors (Lipinski definition) is 5. The van der Waals surface area contributed by atoms with Crippen molar-refractivity contribution in [3.63, 3.8) is 0 Å². The number of pyridine rings is 1. The summed E-state index contributed by atoms with van der Waals surface area (Å²) in [7, 11) is -9.96. The number of aromatic nitrogens is 1. The second-order valence-electron chi connectivity index (χ2n) is 13.4. The van der Waals surface area contributed by atoms with E-state index < -0.39 is 57.9 Å². The fourth-order valence-electron chi connectivity index (χ4n) is 5.76. The summed E-state index contributed by atoms with van der Waals surface area (Å²) in [5, 5.41) is 0.640. The maximum absolute atomic E-state index is 13.9. The molecule has 54 heavy (non-hydrogen) atoms. The Morgan fingerprint density at radius 1 is 0.907 bits per heavy atom. The fraction of sp³-hybridized carbons (Fsp3) is 0.400. The Hall–Kier alpha value is -4.37. The van der Waals surface area contributed by atoms with Crippen LogP contribution >= 0.6 is 15.2 Å². The average Bonchev–Trinajstić information content (AvgIpc) is 3.55. The molecule has 0 fully saturated rings. The zero-order valence-corrected chi connectivity index (χ0v) is 31.8. The lowest BCUT2D eigenvalue weighted by molar-refractivity contribution is -0.125. The number of carbonyl (C=O) groups is 4. The van der Waals surface area contributed by atoms with Gasteiger partial charge in [-0.3, -0.25) is 33.4 Å². The number of ketones is 2. The molecular formula is C35H44BN3O13P2. The molecule has 0 aliphatic carbocycles. The van der Waals surface area contributed by atoms with Crippen LogP contribution in [0.1, 0.15) is 62.0 Å². The average molecular weight is 788 g/mol. The van der Waals surface area contributed by atoms with Gasteiger partial charge in [0.2, 0.25) is 5.91 Å². The summed E-state index contributed by atoms with van der Waals surface area (Å²) in [4.78, 5) is 94.2. The molecule has 2 heterocycles. The SMILES string of the molecule is CC(C)C[C@@H](NC(=O)[C@H](CC(=O)c1ccccn1)Cc1ccccc1)B1Oc2ccc(N(C)C(=O)OCCCC(=O)CC(P(=O)(O)O)P(=O)(O)O)cc2O1. The molecule has 290 valence electrons. The third kappa shape index (κ3) is 12.3. The number of ether oxygens (including phenoxy) is 1. The van der Waals surface area contributed by atoms with Crippen molar-refractivity contribution in [2.45, 2.75) is 63.7 Å². The van der Waals surface area contributed by atoms with Gasteiger partial charge in [0, 0.05) is 44.5 Å². The summed E-state index contributed by atoms with van der Waals surface area (Å²) < 4.78 is 40.3. The number of anilines is 1. The van der Waals surface area contributed by atoms with Crippen molar-refractivity contribution < 1.29 is 61.9 Å². The van der Waals surface area contributed by atoms with Crippen molar-refractivity contribution in [3.8, 4) is 11.5 Å². The minimum atomic E-state index is -5.24. The molecular weight excluding hydrogens is 743 g/mol. The second-order valence-corrected chi connectivity index (χ2v) is 17.4. The van der Waals surface area contributed by atoms with Crippen LogP contribution in [0.25, 0.3) is 0 Å². The Balaban J connectivity index is 1.37. The number of nitrogens with one attached hydrogen (secondary N) is 1. The van der Waals surface area contributed by atoms with Gasteiger partial charge in [-0.2, -0.15) is 0 Å². The quantitative estimate of drug-likeness (QED) is 0.0486. The van der Waals surface area contributed by atoms with Gasteiger partial charge in [-0.15, -0.1) is 0 Å². The first kappa shape index (κ1) is 42.4. The van der Waals surface area contributed by atoms with E-state index in [1.165, 1.54) is 18.1 Å². The summed E-state index contributed by atoms with van der Waals surface area (Å²) in [6, 6.07) is 19.2. The van der Waals surface area contributed by atoms with Gasteiger partial charge in [-0.05, 0) is 55.0 Å². The van der Waals surface area contributed by atoms with E-state index in [1.54, 1.807) is 36.4 Å². The summed E-state index contributed by atoms with van der Waals surface area (Å²) in [5.41, 5.74) is 1.53. The predicted octanol–water partition coefficient (Wildman–Crippen LogP) is 4.54. The van der Waals surface area contributed by atoms with E-state index in [0.717, 1.165) is 5.56 Å². The van der Waals surface area contributed by atoms with E-state index in [2.05, 4.69) is 10.3 Å². The normalized spacial score (nSPS) is 13.8. The van der Waals surface area contributed by atoms with Crippen LogP contribution in [0.5, 0.6) is 11.5 Å². The molecule has 0 bridgehead atoms. The smallest absolute Gasteiger partial charge is 0.522 e. The van der Waals surface area contributed by atoms with Gasteiger partial charge in [-0.1, -0.05) is 50.2 Å². The first-order chi connectivity index (χ1) is 25.4. The monoisotopic (exact) mass is 787 g/mol. The van der Waals surface area contributed by atoms with Crippen LogP contribution in [0.15, 0.2) is 72.9 Å². The molecule has 5 N–H and O–H groups in total. The summed E-state index contributed by atoms with van der Waals surface area (Å²) in [6.07, 6.45) is 0.0652. The highest BCUT2D eigenvalue weighted by Gasteiger charge is 2.45. The van der Waals surface area contributed by atoms with E-state index in [4.69, 9.17) is 14.0 Å². The van der Waals surface area contributed by atoms with Crippen molar-refractivity contribution in [1.82, 2.24) is 10.3 Å². The lowest BCUT2D eigenvalue weighted by atomic mass is 9.73. The topological polar surface area (TPSA) is 239 Å². The minimum Gasteiger partial charge on any atom is -0.522 e. The predicted molar refractivity (Wildman–Crippen MR) is 198 cm³/mol.